The molecular weight excluding hydrogens is 202 g/mol. The first-order valence-electron chi connectivity index (χ1n) is 5.91. The molecule has 1 aromatic rings. The molecule has 0 aromatic heterocycles. The lowest BCUT2D eigenvalue weighted by Crippen LogP contribution is -2.44. The van der Waals surface area contributed by atoms with Crippen LogP contribution >= 0.6 is 0 Å². The van der Waals surface area contributed by atoms with Crippen LogP contribution in [0, 0.1) is 0 Å². The SMILES string of the molecule is CCc1cccc(OCC2COCCN2)c1. The highest BCUT2D eigenvalue weighted by Gasteiger charge is 2.13. The van der Waals surface area contributed by atoms with Crippen LogP contribution in [-0.4, -0.2) is 32.4 Å². The maximum absolute atomic E-state index is 5.75. The van der Waals surface area contributed by atoms with Gasteiger partial charge in [0, 0.05) is 6.54 Å². The minimum absolute atomic E-state index is 0.319. The number of benzene rings is 1. The summed E-state index contributed by atoms with van der Waals surface area (Å²) in [6.07, 6.45) is 1.04. The maximum Gasteiger partial charge on any atom is 0.119 e. The molecule has 0 aliphatic carbocycles. The predicted octanol–water partition coefficient (Wildman–Crippen LogP) is 1.62. The zero-order valence-corrected chi connectivity index (χ0v) is 9.74. The lowest BCUT2D eigenvalue weighted by atomic mass is 10.2. The van der Waals surface area contributed by atoms with Crippen molar-refractivity contribution in [3.05, 3.63) is 29.8 Å². The minimum atomic E-state index is 0.319. The summed E-state index contributed by atoms with van der Waals surface area (Å²) < 4.78 is 11.1. The fourth-order valence-electron chi connectivity index (χ4n) is 1.78. The Morgan fingerprint density at radius 1 is 1.50 bits per heavy atom. The summed E-state index contributed by atoms with van der Waals surface area (Å²) in [5, 5.41) is 3.37. The smallest absolute Gasteiger partial charge is 0.119 e. The van der Waals surface area contributed by atoms with E-state index in [2.05, 4.69) is 24.4 Å². The summed E-state index contributed by atoms with van der Waals surface area (Å²) >= 11 is 0. The fraction of sp³-hybridized carbons (Fsp3) is 0.538. The van der Waals surface area contributed by atoms with E-state index in [1.54, 1.807) is 0 Å². The van der Waals surface area contributed by atoms with Crippen molar-refractivity contribution >= 4 is 0 Å². The normalized spacial score (nSPS) is 20.7. The Labute approximate surface area is 96.8 Å². The highest BCUT2D eigenvalue weighted by molar-refractivity contribution is 5.28. The summed E-state index contributed by atoms with van der Waals surface area (Å²) in [6, 6.07) is 8.58. The molecule has 1 aliphatic rings. The van der Waals surface area contributed by atoms with Gasteiger partial charge in [-0.2, -0.15) is 0 Å². The first kappa shape index (κ1) is 11.4. The molecule has 0 spiro atoms. The van der Waals surface area contributed by atoms with Crippen molar-refractivity contribution < 1.29 is 9.47 Å². The Morgan fingerprint density at radius 2 is 2.44 bits per heavy atom. The Bertz CT molecular complexity index is 321. The van der Waals surface area contributed by atoms with Gasteiger partial charge in [0.15, 0.2) is 0 Å². The van der Waals surface area contributed by atoms with Crippen molar-refractivity contribution in [1.82, 2.24) is 5.32 Å². The van der Waals surface area contributed by atoms with Crippen LogP contribution in [0.3, 0.4) is 0 Å². The number of hydrogen-bond acceptors (Lipinski definition) is 3. The van der Waals surface area contributed by atoms with E-state index in [0.29, 0.717) is 12.6 Å². The molecule has 1 unspecified atom stereocenters. The third-order valence-corrected chi connectivity index (χ3v) is 2.76. The molecular formula is C13H19NO2. The lowest BCUT2D eigenvalue weighted by molar-refractivity contribution is 0.0592. The molecule has 1 aromatic carbocycles. The number of morpholine rings is 1. The summed E-state index contributed by atoms with van der Waals surface area (Å²) in [4.78, 5) is 0. The average molecular weight is 221 g/mol. The van der Waals surface area contributed by atoms with Crippen LogP contribution in [0.4, 0.5) is 0 Å². The Balaban J connectivity index is 1.83. The molecule has 0 saturated carbocycles. The zero-order valence-electron chi connectivity index (χ0n) is 9.74. The van der Waals surface area contributed by atoms with E-state index >= 15 is 0 Å². The van der Waals surface area contributed by atoms with Crippen molar-refractivity contribution in [1.29, 1.82) is 0 Å². The van der Waals surface area contributed by atoms with E-state index in [-0.39, 0.29) is 0 Å². The second-order valence-electron chi connectivity index (χ2n) is 4.04. The Morgan fingerprint density at radius 3 is 3.19 bits per heavy atom. The number of ether oxygens (including phenoxy) is 2. The first-order chi connectivity index (χ1) is 7.88. The summed E-state index contributed by atoms with van der Waals surface area (Å²) in [5.74, 6) is 0.951. The molecule has 1 aliphatic heterocycles. The molecule has 88 valence electrons. The predicted molar refractivity (Wildman–Crippen MR) is 63.9 cm³/mol. The summed E-state index contributed by atoms with van der Waals surface area (Å²) in [5.41, 5.74) is 1.31. The van der Waals surface area contributed by atoms with Crippen LogP contribution in [-0.2, 0) is 11.2 Å². The van der Waals surface area contributed by atoms with Crippen LogP contribution < -0.4 is 10.1 Å². The van der Waals surface area contributed by atoms with Crippen LogP contribution in [0.15, 0.2) is 24.3 Å². The van der Waals surface area contributed by atoms with Gasteiger partial charge in [-0.1, -0.05) is 19.1 Å². The first-order valence-corrected chi connectivity index (χ1v) is 5.91. The van der Waals surface area contributed by atoms with Gasteiger partial charge in [-0.15, -0.1) is 0 Å². The van der Waals surface area contributed by atoms with Crippen molar-refractivity contribution in [3.63, 3.8) is 0 Å². The van der Waals surface area contributed by atoms with Gasteiger partial charge < -0.3 is 14.8 Å². The van der Waals surface area contributed by atoms with E-state index < -0.39 is 0 Å². The van der Waals surface area contributed by atoms with Gasteiger partial charge in [0.05, 0.1) is 19.3 Å². The average Bonchev–Trinajstić information content (AvgIpc) is 2.38. The van der Waals surface area contributed by atoms with Crippen LogP contribution in [0.1, 0.15) is 12.5 Å². The molecule has 0 amide bonds. The molecule has 0 bridgehead atoms. The van der Waals surface area contributed by atoms with Crippen LogP contribution in [0.5, 0.6) is 5.75 Å². The number of aryl methyl sites for hydroxylation is 1. The molecule has 16 heavy (non-hydrogen) atoms. The van der Waals surface area contributed by atoms with Gasteiger partial charge >= 0.3 is 0 Å². The van der Waals surface area contributed by atoms with E-state index in [1.165, 1.54) is 5.56 Å². The van der Waals surface area contributed by atoms with Crippen LogP contribution in [0.2, 0.25) is 0 Å². The maximum atomic E-state index is 5.75. The second-order valence-corrected chi connectivity index (χ2v) is 4.04. The number of hydrogen-bond donors (Lipinski definition) is 1. The molecule has 0 radical (unpaired) electrons. The summed E-state index contributed by atoms with van der Waals surface area (Å²) in [7, 11) is 0. The molecule has 1 N–H and O–H groups in total. The second kappa shape index (κ2) is 5.87. The molecule has 3 nitrogen and oxygen atoms in total. The van der Waals surface area contributed by atoms with E-state index in [1.807, 2.05) is 12.1 Å². The largest absolute Gasteiger partial charge is 0.492 e. The van der Waals surface area contributed by atoms with Gasteiger partial charge in [-0.25, -0.2) is 0 Å². The van der Waals surface area contributed by atoms with E-state index in [9.17, 15) is 0 Å². The van der Waals surface area contributed by atoms with Gasteiger partial charge in [0.2, 0.25) is 0 Å². The third kappa shape index (κ3) is 3.22. The van der Waals surface area contributed by atoms with Gasteiger partial charge in [-0.05, 0) is 24.1 Å². The van der Waals surface area contributed by atoms with Crippen molar-refractivity contribution in [2.24, 2.45) is 0 Å². The van der Waals surface area contributed by atoms with Gasteiger partial charge in [0.25, 0.3) is 0 Å². The lowest BCUT2D eigenvalue weighted by Gasteiger charge is -2.23. The van der Waals surface area contributed by atoms with Gasteiger partial charge in [0.1, 0.15) is 12.4 Å². The molecule has 1 saturated heterocycles. The Kier molecular flexibility index (Phi) is 4.19. The molecule has 1 atom stereocenters. The van der Waals surface area contributed by atoms with E-state index in [4.69, 9.17) is 9.47 Å². The molecule has 3 heteroatoms. The Hall–Kier alpha value is -1.06. The quantitative estimate of drug-likeness (QED) is 0.838. The number of rotatable bonds is 4. The minimum Gasteiger partial charge on any atom is -0.492 e. The number of nitrogens with one attached hydrogen (secondary N) is 1. The molecule has 1 heterocycles. The molecule has 1 fully saturated rings. The highest BCUT2D eigenvalue weighted by Crippen LogP contribution is 2.14. The van der Waals surface area contributed by atoms with Crippen molar-refractivity contribution in [3.8, 4) is 5.75 Å². The topological polar surface area (TPSA) is 30.5 Å². The van der Waals surface area contributed by atoms with E-state index in [0.717, 1.165) is 31.9 Å². The third-order valence-electron chi connectivity index (χ3n) is 2.76. The monoisotopic (exact) mass is 221 g/mol. The fourth-order valence-corrected chi connectivity index (χ4v) is 1.78. The zero-order chi connectivity index (χ0) is 11.2. The standard InChI is InChI=1S/C13H19NO2/c1-2-11-4-3-5-13(8-11)16-10-12-9-15-7-6-14-12/h3-5,8,12,14H,2,6-7,9-10H2,1H3. The highest BCUT2D eigenvalue weighted by atomic mass is 16.5. The van der Waals surface area contributed by atoms with Gasteiger partial charge in [-0.3, -0.25) is 0 Å². The van der Waals surface area contributed by atoms with Crippen molar-refractivity contribution in [2.45, 2.75) is 19.4 Å². The molecule has 2 rings (SSSR count). The summed E-state index contributed by atoms with van der Waals surface area (Å²) in [6.45, 7) is 5.29. The van der Waals surface area contributed by atoms with Crippen LogP contribution in [0.25, 0.3) is 0 Å². The van der Waals surface area contributed by atoms with Crippen molar-refractivity contribution in [2.75, 3.05) is 26.4 Å².